The van der Waals surface area contributed by atoms with Gasteiger partial charge in [-0.2, -0.15) is 0 Å². The Kier molecular flexibility index (Phi) is 4.91. The number of anilines is 1. The minimum Gasteiger partial charge on any atom is -0.496 e. The van der Waals surface area contributed by atoms with Crippen molar-refractivity contribution < 1.29 is 9.53 Å². The summed E-state index contributed by atoms with van der Waals surface area (Å²) >= 11 is 6.10. The van der Waals surface area contributed by atoms with E-state index in [1.807, 2.05) is 0 Å². The van der Waals surface area contributed by atoms with E-state index < -0.39 is 0 Å². The lowest BCUT2D eigenvalue weighted by Gasteiger charge is -2.11. The number of hydrogen-bond donors (Lipinski definition) is 3. The molecule has 0 saturated carbocycles. The van der Waals surface area contributed by atoms with Gasteiger partial charge < -0.3 is 15.5 Å². The highest BCUT2D eigenvalue weighted by molar-refractivity contribution is 6.31. The van der Waals surface area contributed by atoms with E-state index >= 15 is 0 Å². The summed E-state index contributed by atoms with van der Waals surface area (Å²) < 4.78 is 5.21. The molecule has 8 heteroatoms. The smallest absolute Gasteiger partial charge is 0.271 e. The largest absolute Gasteiger partial charge is 0.496 e. The molecule has 1 heterocycles. The fourth-order valence-corrected chi connectivity index (χ4v) is 1.91. The maximum Gasteiger partial charge on any atom is 0.271 e. The number of rotatable bonds is 5. The molecule has 0 spiro atoms. The molecule has 2 rings (SSSR count). The van der Waals surface area contributed by atoms with E-state index in [1.54, 1.807) is 25.3 Å². The Labute approximate surface area is 126 Å². The highest BCUT2D eigenvalue weighted by Gasteiger charge is 2.11. The molecule has 0 bridgehead atoms. The van der Waals surface area contributed by atoms with Gasteiger partial charge in [-0.1, -0.05) is 17.7 Å². The molecule has 21 heavy (non-hydrogen) atoms. The van der Waals surface area contributed by atoms with Gasteiger partial charge in [-0.3, -0.25) is 4.79 Å². The highest BCUT2D eigenvalue weighted by Crippen LogP contribution is 2.25. The SMILES string of the molecule is COc1cccc(Cl)c1CNC(=O)c1cnc(NN)cn1. The molecule has 4 N–H and O–H groups in total. The van der Waals surface area contributed by atoms with Crippen LogP contribution in [0.3, 0.4) is 0 Å². The number of hydrazine groups is 1. The Morgan fingerprint density at radius 3 is 2.81 bits per heavy atom. The summed E-state index contributed by atoms with van der Waals surface area (Å²) in [6, 6.07) is 5.28. The first kappa shape index (κ1) is 15.0. The number of hydrogen-bond acceptors (Lipinski definition) is 6. The van der Waals surface area contributed by atoms with Crippen LogP contribution in [0.2, 0.25) is 5.02 Å². The highest BCUT2D eigenvalue weighted by atomic mass is 35.5. The van der Waals surface area contributed by atoms with Gasteiger partial charge in [0.2, 0.25) is 0 Å². The Balaban J connectivity index is 2.07. The predicted molar refractivity (Wildman–Crippen MR) is 79.0 cm³/mol. The molecule has 1 aromatic heterocycles. The lowest BCUT2D eigenvalue weighted by Crippen LogP contribution is -2.24. The minimum absolute atomic E-state index is 0.181. The number of methoxy groups -OCH3 is 1. The zero-order valence-corrected chi connectivity index (χ0v) is 12.0. The van der Waals surface area contributed by atoms with Crippen LogP contribution < -0.4 is 21.3 Å². The van der Waals surface area contributed by atoms with Crippen molar-refractivity contribution >= 4 is 23.3 Å². The molecule has 1 aromatic carbocycles. The average Bonchev–Trinajstić information content (AvgIpc) is 2.53. The van der Waals surface area contributed by atoms with Gasteiger partial charge in [0, 0.05) is 17.1 Å². The minimum atomic E-state index is -0.368. The molecule has 0 fully saturated rings. The lowest BCUT2D eigenvalue weighted by molar-refractivity contribution is 0.0945. The third-order valence-electron chi connectivity index (χ3n) is 2.75. The van der Waals surface area contributed by atoms with E-state index in [2.05, 4.69) is 20.7 Å². The Bertz CT molecular complexity index is 633. The van der Waals surface area contributed by atoms with Crippen molar-refractivity contribution in [1.82, 2.24) is 15.3 Å². The van der Waals surface area contributed by atoms with Crippen LogP contribution in [0.1, 0.15) is 16.1 Å². The number of ether oxygens (including phenoxy) is 1. The summed E-state index contributed by atoms with van der Waals surface area (Å²) in [7, 11) is 1.54. The van der Waals surface area contributed by atoms with Gasteiger partial charge in [-0.05, 0) is 12.1 Å². The van der Waals surface area contributed by atoms with Crippen molar-refractivity contribution in [3.63, 3.8) is 0 Å². The number of nitrogens with two attached hydrogens (primary N) is 1. The molecule has 0 saturated heterocycles. The van der Waals surface area contributed by atoms with Crippen LogP contribution in [-0.2, 0) is 6.54 Å². The number of amides is 1. The molecular weight excluding hydrogens is 294 g/mol. The first-order valence-corrected chi connectivity index (χ1v) is 6.41. The summed E-state index contributed by atoms with van der Waals surface area (Å²) in [6.07, 6.45) is 2.69. The van der Waals surface area contributed by atoms with Crippen LogP contribution in [-0.4, -0.2) is 23.0 Å². The summed E-state index contributed by atoms with van der Waals surface area (Å²) in [5.74, 6) is 5.79. The molecule has 0 atom stereocenters. The first-order valence-electron chi connectivity index (χ1n) is 6.04. The van der Waals surface area contributed by atoms with Crippen LogP contribution in [0.25, 0.3) is 0 Å². The van der Waals surface area contributed by atoms with E-state index in [4.69, 9.17) is 22.2 Å². The van der Waals surface area contributed by atoms with Crippen molar-refractivity contribution in [2.24, 2.45) is 5.84 Å². The summed E-state index contributed by atoms with van der Waals surface area (Å²) in [4.78, 5) is 19.8. The third kappa shape index (κ3) is 3.59. The predicted octanol–water partition coefficient (Wildman–Crippen LogP) is 1.35. The molecule has 0 aliphatic carbocycles. The maximum absolute atomic E-state index is 12.0. The zero-order valence-electron chi connectivity index (χ0n) is 11.3. The number of nitrogens with one attached hydrogen (secondary N) is 2. The van der Waals surface area contributed by atoms with Crippen molar-refractivity contribution in [2.45, 2.75) is 6.54 Å². The molecular formula is C13H14ClN5O2. The molecule has 2 aromatic rings. The van der Waals surface area contributed by atoms with Gasteiger partial charge in [0.25, 0.3) is 5.91 Å². The van der Waals surface area contributed by atoms with Crippen molar-refractivity contribution in [1.29, 1.82) is 0 Å². The monoisotopic (exact) mass is 307 g/mol. The number of nitrogen functional groups attached to an aromatic ring is 1. The average molecular weight is 308 g/mol. The van der Waals surface area contributed by atoms with Crippen LogP contribution in [0.15, 0.2) is 30.6 Å². The number of benzene rings is 1. The quantitative estimate of drug-likeness (QED) is 0.569. The van der Waals surface area contributed by atoms with Crippen molar-refractivity contribution in [2.75, 3.05) is 12.5 Å². The third-order valence-corrected chi connectivity index (χ3v) is 3.11. The van der Waals surface area contributed by atoms with Crippen LogP contribution in [0, 0.1) is 0 Å². The van der Waals surface area contributed by atoms with Gasteiger partial charge in [0.15, 0.2) is 5.82 Å². The summed E-state index contributed by atoms with van der Waals surface area (Å²) in [5.41, 5.74) is 3.21. The van der Waals surface area contributed by atoms with Crippen LogP contribution >= 0.6 is 11.6 Å². The number of carbonyl (C=O) groups excluding carboxylic acids is 1. The second-order valence-corrected chi connectivity index (χ2v) is 4.44. The first-order chi connectivity index (χ1) is 10.2. The zero-order chi connectivity index (χ0) is 15.2. The number of aromatic nitrogens is 2. The molecule has 7 nitrogen and oxygen atoms in total. The van der Waals surface area contributed by atoms with Gasteiger partial charge in [0.05, 0.1) is 19.5 Å². The Morgan fingerprint density at radius 1 is 1.38 bits per heavy atom. The Morgan fingerprint density at radius 2 is 2.19 bits per heavy atom. The van der Waals surface area contributed by atoms with Crippen LogP contribution in [0.5, 0.6) is 5.75 Å². The molecule has 0 aliphatic heterocycles. The van der Waals surface area contributed by atoms with Gasteiger partial charge in [-0.25, -0.2) is 15.8 Å². The van der Waals surface area contributed by atoms with E-state index in [0.29, 0.717) is 22.2 Å². The standard InChI is InChI=1S/C13H14ClN5O2/c1-21-11-4-2-3-9(14)8(11)5-18-13(20)10-6-17-12(19-15)7-16-10/h2-4,6-7H,5,15H2,1H3,(H,17,19)(H,18,20). The number of carbonyl (C=O) groups is 1. The van der Waals surface area contributed by atoms with Crippen LogP contribution in [0.4, 0.5) is 5.82 Å². The topological polar surface area (TPSA) is 102 Å². The van der Waals surface area contributed by atoms with Gasteiger partial charge >= 0.3 is 0 Å². The fourth-order valence-electron chi connectivity index (χ4n) is 1.68. The summed E-state index contributed by atoms with van der Waals surface area (Å²) in [5, 5.41) is 3.23. The van der Waals surface area contributed by atoms with E-state index in [0.717, 1.165) is 0 Å². The van der Waals surface area contributed by atoms with E-state index in [9.17, 15) is 4.79 Å². The van der Waals surface area contributed by atoms with Crippen molar-refractivity contribution in [3.8, 4) is 5.75 Å². The van der Waals surface area contributed by atoms with Gasteiger partial charge in [-0.15, -0.1) is 0 Å². The molecule has 110 valence electrons. The normalized spacial score (nSPS) is 10.0. The van der Waals surface area contributed by atoms with Gasteiger partial charge in [0.1, 0.15) is 11.4 Å². The van der Waals surface area contributed by atoms with E-state index in [1.165, 1.54) is 12.4 Å². The van der Waals surface area contributed by atoms with E-state index in [-0.39, 0.29) is 18.1 Å². The fraction of sp³-hybridized carbons (Fsp3) is 0.154. The number of nitrogens with zero attached hydrogens (tertiary/aromatic N) is 2. The Hall–Kier alpha value is -2.38. The molecule has 0 radical (unpaired) electrons. The summed E-state index contributed by atoms with van der Waals surface area (Å²) in [6.45, 7) is 0.222. The lowest BCUT2D eigenvalue weighted by atomic mass is 10.2. The second-order valence-electron chi connectivity index (χ2n) is 4.03. The second kappa shape index (κ2) is 6.87. The number of halogens is 1. The maximum atomic E-state index is 12.0. The molecule has 0 aliphatic rings. The molecule has 0 unspecified atom stereocenters. The molecule has 1 amide bonds. The van der Waals surface area contributed by atoms with Crippen molar-refractivity contribution in [3.05, 3.63) is 46.9 Å².